The number of nitrogens with zero attached hydrogens (tertiary/aromatic N) is 1. The number of benzene rings is 4. The SMILES string of the molecule is COc1cc(Cc2cc(Oc3ccc(NC(=O)Nc4cc(C(C)(C)C)cc(NS(C)(=O)=O)c4OC)c4ccccc34)ccn2)cc(S(=O)(=O)CCOCCOCC(=O)O)c1. The molecule has 0 aliphatic carbocycles. The standard InChI is InChI=1S/C42H48N4O12S2/c1-42(2,3)28-22-36(40(55-5)37(23-28)46-59(6,50)51)45-41(49)44-35-11-12-38(34-10-8-7-9-33(34)35)58-30-13-14-43-29(24-30)19-27-20-31(54-4)25-32(21-27)60(52,53)18-17-56-15-16-57-26-39(47)48/h7-14,20-25,46H,15-19,26H2,1-6H3,(H,47,48)(H2,44,45,49). The molecule has 0 saturated carbocycles. The number of urea groups is 1. The number of aliphatic carboxylic acids is 1. The highest BCUT2D eigenvalue weighted by atomic mass is 32.2. The van der Waals surface area contributed by atoms with Crippen LogP contribution in [0.15, 0.2) is 90.0 Å². The molecule has 0 aliphatic heterocycles. The average Bonchev–Trinajstić information content (AvgIpc) is 3.17. The number of carboxylic acid groups (broad SMARTS) is 1. The molecule has 4 aromatic carbocycles. The summed E-state index contributed by atoms with van der Waals surface area (Å²) in [7, 11) is -4.61. The van der Waals surface area contributed by atoms with Gasteiger partial charge in [0.1, 0.15) is 23.9 Å². The van der Waals surface area contributed by atoms with E-state index in [9.17, 15) is 26.4 Å². The fraction of sp³-hybridized carbons (Fsp3) is 0.310. The minimum atomic E-state index is -3.77. The maximum Gasteiger partial charge on any atom is 0.329 e. The van der Waals surface area contributed by atoms with Crippen LogP contribution < -0.4 is 29.6 Å². The van der Waals surface area contributed by atoms with E-state index in [0.717, 1.165) is 11.8 Å². The number of nitrogens with one attached hydrogen (secondary N) is 3. The van der Waals surface area contributed by atoms with Crippen LogP contribution in [0.5, 0.6) is 23.0 Å². The van der Waals surface area contributed by atoms with E-state index in [4.69, 9.17) is 28.8 Å². The summed E-state index contributed by atoms with van der Waals surface area (Å²) < 4.78 is 80.8. The van der Waals surface area contributed by atoms with Gasteiger partial charge in [0.05, 0.1) is 68.0 Å². The number of amides is 2. The summed E-state index contributed by atoms with van der Waals surface area (Å²) in [5.74, 6) is 0.0421. The molecule has 5 rings (SSSR count). The lowest BCUT2D eigenvalue weighted by Gasteiger charge is -2.24. The lowest BCUT2D eigenvalue weighted by atomic mass is 9.86. The van der Waals surface area contributed by atoms with Crippen molar-refractivity contribution >= 4 is 59.7 Å². The van der Waals surface area contributed by atoms with Crippen LogP contribution in [0.1, 0.15) is 37.6 Å². The van der Waals surface area contributed by atoms with Gasteiger partial charge in [-0.05, 0) is 65.1 Å². The predicted molar refractivity (Wildman–Crippen MR) is 228 cm³/mol. The van der Waals surface area contributed by atoms with Crippen LogP contribution in [0.4, 0.5) is 21.9 Å². The van der Waals surface area contributed by atoms with E-state index in [-0.39, 0.29) is 54.0 Å². The van der Waals surface area contributed by atoms with Crippen LogP contribution in [-0.2, 0) is 46.0 Å². The van der Waals surface area contributed by atoms with Crippen molar-refractivity contribution in [2.75, 3.05) is 68.0 Å². The number of aromatic nitrogens is 1. The number of fused-ring (bicyclic) bond motifs is 1. The van der Waals surface area contributed by atoms with Gasteiger partial charge in [-0.25, -0.2) is 26.4 Å². The molecule has 0 saturated heterocycles. The highest BCUT2D eigenvalue weighted by molar-refractivity contribution is 7.92. The Morgan fingerprint density at radius 1 is 0.767 bits per heavy atom. The first-order valence-electron chi connectivity index (χ1n) is 18.6. The Balaban J connectivity index is 1.32. The Labute approximate surface area is 349 Å². The quantitative estimate of drug-likeness (QED) is 0.0626. The van der Waals surface area contributed by atoms with Gasteiger partial charge < -0.3 is 39.4 Å². The minimum absolute atomic E-state index is 0.0190. The van der Waals surface area contributed by atoms with E-state index in [1.807, 2.05) is 45.0 Å². The molecular weight excluding hydrogens is 817 g/mol. The number of carbonyl (C=O) groups excluding carboxylic acids is 1. The molecule has 1 heterocycles. The van der Waals surface area contributed by atoms with E-state index < -0.39 is 43.9 Å². The van der Waals surface area contributed by atoms with Crippen LogP contribution in [0.25, 0.3) is 10.8 Å². The van der Waals surface area contributed by atoms with Crippen LogP contribution in [0, 0.1) is 0 Å². The lowest BCUT2D eigenvalue weighted by molar-refractivity contribution is -0.142. The van der Waals surface area contributed by atoms with Gasteiger partial charge in [-0.2, -0.15) is 0 Å². The van der Waals surface area contributed by atoms with E-state index in [1.54, 1.807) is 54.7 Å². The number of rotatable bonds is 19. The molecular formula is C42H48N4O12S2. The molecule has 2 amide bonds. The summed E-state index contributed by atoms with van der Waals surface area (Å²) in [6.07, 6.45) is 2.87. The molecule has 18 heteroatoms. The second-order valence-corrected chi connectivity index (χ2v) is 18.5. The van der Waals surface area contributed by atoms with Crippen molar-refractivity contribution in [2.24, 2.45) is 0 Å². The summed E-state index contributed by atoms with van der Waals surface area (Å²) in [5.41, 5.74) is 2.52. The molecule has 16 nitrogen and oxygen atoms in total. The van der Waals surface area contributed by atoms with Crippen LogP contribution in [0.3, 0.4) is 0 Å². The molecule has 0 atom stereocenters. The van der Waals surface area contributed by atoms with Crippen molar-refractivity contribution in [2.45, 2.75) is 37.5 Å². The Bertz CT molecular complexity index is 2580. The number of ether oxygens (including phenoxy) is 5. The minimum Gasteiger partial charge on any atom is -0.497 e. The summed E-state index contributed by atoms with van der Waals surface area (Å²) in [5, 5.41) is 15.7. The molecule has 1 aromatic heterocycles. The fourth-order valence-electron chi connectivity index (χ4n) is 6.04. The largest absolute Gasteiger partial charge is 0.497 e. The Kier molecular flexibility index (Phi) is 14.6. The molecule has 0 bridgehead atoms. The zero-order valence-corrected chi connectivity index (χ0v) is 35.7. The molecule has 0 fully saturated rings. The smallest absolute Gasteiger partial charge is 0.329 e. The average molecular weight is 865 g/mol. The molecule has 0 aliphatic rings. The van der Waals surface area contributed by atoms with Crippen molar-refractivity contribution in [3.05, 3.63) is 102 Å². The first kappa shape index (κ1) is 45.1. The number of methoxy groups -OCH3 is 2. The molecule has 0 spiro atoms. The maximum absolute atomic E-state index is 13.5. The van der Waals surface area contributed by atoms with Crippen molar-refractivity contribution in [1.82, 2.24) is 4.98 Å². The first-order valence-corrected chi connectivity index (χ1v) is 22.1. The van der Waals surface area contributed by atoms with Crippen LogP contribution in [0.2, 0.25) is 0 Å². The number of sulfone groups is 1. The number of sulfonamides is 1. The summed E-state index contributed by atoms with van der Waals surface area (Å²) in [4.78, 5) is 28.6. The van der Waals surface area contributed by atoms with Crippen molar-refractivity contribution in [1.29, 1.82) is 0 Å². The number of pyridine rings is 1. The third-order valence-corrected chi connectivity index (χ3v) is 11.1. The third kappa shape index (κ3) is 12.5. The van der Waals surface area contributed by atoms with Gasteiger partial charge in [0, 0.05) is 35.2 Å². The van der Waals surface area contributed by atoms with Crippen LogP contribution >= 0.6 is 0 Å². The lowest BCUT2D eigenvalue weighted by Crippen LogP contribution is -2.22. The Morgan fingerprint density at radius 3 is 2.15 bits per heavy atom. The molecule has 60 heavy (non-hydrogen) atoms. The number of anilines is 3. The number of carboxylic acids is 1. The summed E-state index contributed by atoms with van der Waals surface area (Å²) in [6.45, 7) is 5.38. The van der Waals surface area contributed by atoms with Gasteiger partial charge >= 0.3 is 12.0 Å². The van der Waals surface area contributed by atoms with Gasteiger partial charge in [0.25, 0.3) is 0 Å². The van der Waals surface area contributed by atoms with Crippen LogP contribution in [-0.4, -0.2) is 91.6 Å². The summed E-state index contributed by atoms with van der Waals surface area (Å²) >= 11 is 0. The van der Waals surface area contributed by atoms with E-state index in [0.29, 0.717) is 45.0 Å². The normalized spacial score (nSPS) is 11.8. The second kappa shape index (κ2) is 19.4. The topological polar surface area (TPSA) is 218 Å². The van der Waals surface area contributed by atoms with E-state index >= 15 is 0 Å². The maximum atomic E-state index is 13.5. The van der Waals surface area contributed by atoms with Gasteiger partial charge in [-0.1, -0.05) is 45.0 Å². The van der Waals surface area contributed by atoms with E-state index in [2.05, 4.69) is 20.3 Å². The second-order valence-electron chi connectivity index (χ2n) is 14.6. The molecule has 0 unspecified atom stereocenters. The van der Waals surface area contributed by atoms with Gasteiger partial charge in [0.15, 0.2) is 15.6 Å². The van der Waals surface area contributed by atoms with Crippen molar-refractivity contribution < 1.29 is 55.2 Å². The molecule has 5 aromatic rings. The van der Waals surface area contributed by atoms with Crippen molar-refractivity contribution in [3.63, 3.8) is 0 Å². The van der Waals surface area contributed by atoms with E-state index in [1.165, 1.54) is 20.3 Å². The number of carbonyl (C=O) groups is 2. The van der Waals surface area contributed by atoms with Crippen molar-refractivity contribution in [3.8, 4) is 23.0 Å². The molecule has 320 valence electrons. The third-order valence-electron chi connectivity index (χ3n) is 8.86. The predicted octanol–water partition coefficient (Wildman–Crippen LogP) is 6.84. The molecule has 4 N–H and O–H groups in total. The fourth-order valence-corrected chi connectivity index (χ4v) is 7.79. The Morgan fingerprint density at radius 2 is 1.47 bits per heavy atom. The zero-order valence-electron chi connectivity index (χ0n) is 34.0. The Hall–Kier alpha value is -5.95. The summed E-state index contributed by atoms with van der Waals surface area (Å²) in [6, 6.07) is 21.8. The highest BCUT2D eigenvalue weighted by Crippen LogP contribution is 2.40. The van der Waals surface area contributed by atoms with Gasteiger partial charge in [-0.3, -0.25) is 9.71 Å². The van der Waals surface area contributed by atoms with Gasteiger partial charge in [-0.15, -0.1) is 0 Å². The number of hydrogen-bond donors (Lipinski definition) is 4. The number of hydrogen-bond acceptors (Lipinski definition) is 12. The molecule has 0 radical (unpaired) electrons. The highest BCUT2D eigenvalue weighted by Gasteiger charge is 2.23. The monoisotopic (exact) mass is 864 g/mol. The van der Waals surface area contributed by atoms with Gasteiger partial charge in [0.2, 0.25) is 10.0 Å². The first-order chi connectivity index (χ1) is 28.3. The zero-order chi connectivity index (χ0) is 43.7.